The first kappa shape index (κ1) is 18.3. The van der Waals surface area contributed by atoms with Gasteiger partial charge in [-0.3, -0.25) is 0 Å². The predicted molar refractivity (Wildman–Crippen MR) is 105 cm³/mol. The summed E-state index contributed by atoms with van der Waals surface area (Å²) in [4.78, 5) is 12.4. The van der Waals surface area contributed by atoms with E-state index in [1.807, 2.05) is 30.3 Å². The average Bonchev–Trinajstić information content (AvgIpc) is 2.63. The van der Waals surface area contributed by atoms with E-state index in [-0.39, 0.29) is 24.7 Å². The number of aryl methyl sites for hydroxylation is 1. The predicted octanol–water partition coefficient (Wildman–Crippen LogP) is 5.05. The second-order valence-corrected chi connectivity index (χ2v) is 7.55. The fourth-order valence-corrected chi connectivity index (χ4v) is 3.75. The van der Waals surface area contributed by atoms with Crippen LogP contribution in [0, 0.1) is 18.8 Å². The maximum atomic E-state index is 12.4. The zero-order valence-corrected chi connectivity index (χ0v) is 16.0. The second-order valence-electron chi connectivity index (χ2n) is 7.55. The van der Waals surface area contributed by atoms with E-state index < -0.39 is 0 Å². The Hall–Kier alpha value is -2.49. The van der Waals surface area contributed by atoms with Crippen LogP contribution in [0.3, 0.4) is 0 Å². The molecule has 26 heavy (non-hydrogen) atoms. The van der Waals surface area contributed by atoms with Crippen molar-refractivity contribution in [2.45, 2.75) is 46.4 Å². The average molecular weight is 352 g/mol. The Kier molecular flexibility index (Phi) is 5.50. The Balaban J connectivity index is 1.76. The molecule has 3 atom stereocenters. The molecule has 0 aromatic heterocycles. The van der Waals surface area contributed by atoms with Gasteiger partial charge in [0, 0.05) is 17.6 Å². The number of hydrogen-bond donors (Lipinski definition) is 2. The molecular weight excluding hydrogens is 324 g/mol. The molecule has 0 saturated heterocycles. The monoisotopic (exact) mass is 352 g/mol. The molecule has 1 amide bonds. The van der Waals surface area contributed by atoms with E-state index in [2.05, 4.69) is 56.5 Å². The Morgan fingerprint density at radius 1 is 1.19 bits per heavy atom. The van der Waals surface area contributed by atoms with Gasteiger partial charge in [0.2, 0.25) is 0 Å². The topological polar surface area (TPSA) is 50.4 Å². The lowest BCUT2D eigenvalue weighted by molar-refractivity contribution is 0.129. The summed E-state index contributed by atoms with van der Waals surface area (Å²) in [6, 6.07) is 16.3. The van der Waals surface area contributed by atoms with Gasteiger partial charge in [0.15, 0.2) is 0 Å². The highest BCUT2D eigenvalue weighted by Crippen LogP contribution is 2.39. The van der Waals surface area contributed by atoms with Crippen molar-refractivity contribution in [3.8, 4) is 0 Å². The zero-order valence-electron chi connectivity index (χ0n) is 16.0. The van der Waals surface area contributed by atoms with E-state index in [0.717, 1.165) is 16.8 Å². The summed E-state index contributed by atoms with van der Waals surface area (Å²) < 4.78 is 5.45. The third-order valence-electron chi connectivity index (χ3n) is 5.16. The molecule has 0 aliphatic carbocycles. The minimum absolute atomic E-state index is 0.0678. The highest BCUT2D eigenvalue weighted by molar-refractivity contribution is 5.69. The third-order valence-corrected chi connectivity index (χ3v) is 5.16. The normalized spacial score (nSPS) is 21.7. The lowest BCUT2D eigenvalue weighted by Crippen LogP contribution is -2.46. The number of fused-ring (bicyclic) bond motifs is 1. The third kappa shape index (κ3) is 4.01. The van der Waals surface area contributed by atoms with Crippen molar-refractivity contribution in [3.05, 3.63) is 65.2 Å². The Bertz CT molecular complexity index is 758. The van der Waals surface area contributed by atoms with Crippen molar-refractivity contribution >= 4 is 11.8 Å². The van der Waals surface area contributed by atoms with Crippen LogP contribution >= 0.6 is 0 Å². The van der Waals surface area contributed by atoms with Crippen LogP contribution in [0.25, 0.3) is 0 Å². The standard InChI is InChI=1S/C22H28N2O2/c1-14(2)20-16(4)21(18-12-15(3)10-11-19(18)23-20)24-22(25)26-13-17-8-6-5-7-9-17/h5-12,14,16,20-21,23H,13H2,1-4H3,(H,24,25)/t16-,20-,21+/m1/s1. The van der Waals surface area contributed by atoms with Gasteiger partial charge in [-0.25, -0.2) is 4.79 Å². The van der Waals surface area contributed by atoms with Gasteiger partial charge in [-0.2, -0.15) is 0 Å². The first-order valence-corrected chi connectivity index (χ1v) is 9.30. The van der Waals surface area contributed by atoms with Gasteiger partial charge in [0.25, 0.3) is 0 Å². The van der Waals surface area contributed by atoms with Crippen molar-refractivity contribution in [3.63, 3.8) is 0 Å². The molecule has 4 heteroatoms. The molecular formula is C22H28N2O2. The fraction of sp³-hybridized carbons (Fsp3) is 0.409. The highest BCUT2D eigenvalue weighted by Gasteiger charge is 2.36. The lowest BCUT2D eigenvalue weighted by atomic mass is 9.79. The molecule has 0 unspecified atom stereocenters. The van der Waals surface area contributed by atoms with E-state index in [0.29, 0.717) is 12.0 Å². The molecule has 0 radical (unpaired) electrons. The summed E-state index contributed by atoms with van der Waals surface area (Å²) in [6.07, 6.45) is -0.373. The van der Waals surface area contributed by atoms with Gasteiger partial charge in [0.1, 0.15) is 6.61 Å². The van der Waals surface area contributed by atoms with Crippen molar-refractivity contribution in [1.29, 1.82) is 0 Å². The molecule has 1 aliphatic heterocycles. The molecule has 0 fully saturated rings. The molecule has 0 bridgehead atoms. The Morgan fingerprint density at radius 3 is 2.62 bits per heavy atom. The second kappa shape index (κ2) is 7.81. The maximum absolute atomic E-state index is 12.4. The molecule has 0 saturated carbocycles. The van der Waals surface area contributed by atoms with Gasteiger partial charge in [-0.05, 0) is 30.0 Å². The molecule has 0 spiro atoms. The number of ether oxygens (including phenoxy) is 1. The minimum Gasteiger partial charge on any atom is -0.445 e. The minimum atomic E-state index is -0.373. The van der Waals surface area contributed by atoms with Crippen molar-refractivity contribution in [1.82, 2.24) is 5.32 Å². The number of nitrogens with one attached hydrogen (secondary N) is 2. The summed E-state index contributed by atoms with van der Waals surface area (Å²) in [5, 5.41) is 6.75. The number of rotatable bonds is 4. The summed E-state index contributed by atoms with van der Waals surface area (Å²) in [6.45, 7) is 8.95. The Morgan fingerprint density at radius 2 is 1.92 bits per heavy atom. The van der Waals surface area contributed by atoms with E-state index >= 15 is 0 Å². The highest BCUT2D eigenvalue weighted by atomic mass is 16.5. The van der Waals surface area contributed by atoms with E-state index in [4.69, 9.17) is 4.74 Å². The molecule has 1 heterocycles. The van der Waals surface area contributed by atoms with Crippen LogP contribution in [0.2, 0.25) is 0 Å². The van der Waals surface area contributed by atoms with Crippen LogP contribution < -0.4 is 10.6 Å². The largest absolute Gasteiger partial charge is 0.445 e. The first-order valence-electron chi connectivity index (χ1n) is 9.30. The molecule has 2 aromatic carbocycles. The SMILES string of the molecule is Cc1ccc2c(c1)[C@@H](NC(=O)OCc1ccccc1)[C@H](C)[C@@H](C(C)C)N2. The lowest BCUT2D eigenvalue weighted by Gasteiger charge is -2.41. The van der Waals surface area contributed by atoms with Crippen molar-refractivity contribution in [2.75, 3.05) is 5.32 Å². The van der Waals surface area contributed by atoms with Gasteiger partial charge in [-0.15, -0.1) is 0 Å². The number of carbonyl (C=O) groups is 1. The van der Waals surface area contributed by atoms with Gasteiger partial charge in [-0.1, -0.05) is 68.8 Å². The summed E-state index contributed by atoms with van der Waals surface area (Å²) in [7, 11) is 0. The van der Waals surface area contributed by atoms with Crippen LogP contribution in [-0.2, 0) is 11.3 Å². The molecule has 2 N–H and O–H groups in total. The maximum Gasteiger partial charge on any atom is 0.407 e. The number of benzene rings is 2. The smallest absolute Gasteiger partial charge is 0.407 e. The van der Waals surface area contributed by atoms with Crippen LogP contribution in [0.4, 0.5) is 10.5 Å². The van der Waals surface area contributed by atoms with Gasteiger partial charge < -0.3 is 15.4 Å². The molecule has 2 aromatic rings. The zero-order chi connectivity index (χ0) is 18.7. The van der Waals surface area contributed by atoms with Crippen LogP contribution in [-0.4, -0.2) is 12.1 Å². The summed E-state index contributed by atoms with van der Waals surface area (Å²) in [5.41, 5.74) is 4.40. The van der Waals surface area contributed by atoms with E-state index in [9.17, 15) is 4.79 Å². The summed E-state index contributed by atoms with van der Waals surface area (Å²) >= 11 is 0. The van der Waals surface area contributed by atoms with Crippen molar-refractivity contribution < 1.29 is 9.53 Å². The number of hydrogen-bond acceptors (Lipinski definition) is 3. The van der Waals surface area contributed by atoms with Crippen LogP contribution in [0.5, 0.6) is 0 Å². The fourth-order valence-electron chi connectivity index (χ4n) is 3.75. The number of carbonyl (C=O) groups excluding carboxylic acids is 1. The molecule has 4 nitrogen and oxygen atoms in total. The van der Waals surface area contributed by atoms with Crippen LogP contribution in [0.1, 0.15) is 43.5 Å². The van der Waals surface area contributed by atoms with E-state index in [1.54, 1.807) is 0 Å². The first-order chi connectivity index (χ1) is 12.5. The quantitative estimate of drug-likeness (QED) is 0.810. The Labute approximate surface area is 156 Å². The summed E-state index contributed by atoms with van der Waals surface area (Å²) in [5.74, 6) is 0.720. The molecule has 1 aliphatic rings. The number of alkyl carbamates (subject to hydrolysis) is 1. The van der Waals surface area contributed by atoms with E-state index in [1.165, 1.54) is 5.56 Å². The van der Waals surface area contributed by atoms with Crippen LogP contribution in [0.15, 0.2) is 48.5 Å². The van der Waals surface area contributed by atoms with Gasteiger partial charge >= 0.3 is 6.09 Å². The molecule has 3 rings (SSSR count). The molecule has 138 valence electrons. The number of amides is 1. The van der Waals surface area contributed by atoms with Gasteiger partial charge in [0.05, 0.1) is 6.04 Å². The number of anilines is 1. The van der Waals surface area contributed by atoms with Crippen molar-refractivity contribution in [2.24, 2.45) is 11.8 Å².